The van der Waals surface area contributed by atoms with Gasteiger partial charge in [0.2, 0.25) is 5.88 Å². The SMILES string of the molecule is Oc1ccc(-c2ccccc2)c2c(-c3ccccc3)cc(Oc3ccc4c5ccccc5n(-c5cc(C6CCCCC6)ccn5)c4c3)nc12. The zero-order valence-electron chi connectivity index (χ0n) is 27.1. The zero-order chi connectivity index (χ0) is 32.7. The van der Waals surface area contributed by atoms with E-state index in [1.165, 1.54) is 43.1 Å². The molecule has 5 nitrogen and oxygen atoms in total. The molecule has 5 aromatic carbocycles. The van der Waals surface area contributed by atoms with E-state index in [1.54, 1.807) is 6.07 Å². The van der Waals surface area contributed by atoms with E-state index < -0.39 is 0 Å². The first-order valence-electron chi connectivity index (χ1n) is 17.2. The Bertz CT molecular complexity index is 2460. The average Bonchev–Trinajstić information content (AvgIpc) is 3.49. The Labute approximate surface area is 285 Å². The molecule has 3 aromatic heterocycles. The zero-order valence-corrected chi connectivity index (χ0v) is 27.1. The van der Waals surface area contributed by atoms with Crippen molar-refractivity contribution in [2.75, 3.05) is 0 Å². The highest BCUT2D eigenvalue weighted by molar-refractivity contribution is 6.10. The van der Waals surface area contributed by atoms with Crippen LogP contribution in [0.15, 0.2) is 140 Å². The number of nitrogens with zero attached hydrogens (tertiary/aromatic N) is 3. The minimum Gasteiger partial charge on any atom is -0.506 e. The van der Waals surface area contributed by atoms with Crippen LogP contribution in [0.4, 0.5) is 0 Å². The van der Waals surface area contributed by atoms with E-state index in [0.29, 0.717) is 23.1 Å². The lowest BCUT2D eigenvalue weighted by Gasteiger charge is -2.22. The van der Waals surface area contributed by atoms with Crippen molar-refractivity contribution >= 4 is 32.7 Å². The van der Waals surface area contributed by atoms with Gasteiger partial charge in [-0.3, -0.25) is 4.57 Å². The van der Waals surface area contributed by atoms with Gasteiger partial charge in [0.25, 0.3) is 0 Å². The number of aromatic hydroxyl groups is 1. The molecule has 0 atom stereocenters. The monoisotopic (exact) mass is 637 g/mol. The number of aromatic nitrogens is 3. The molecule has 0 amide bonds. The molecule has 0 radical (unpaired) electrons. The lowest BCUT2D eigenvalue weighted by Crippen LogP contribution is -2.06. The summed E-state index contributed by atoms with van der Waals surface area (Å²) in [5, 5.41) is 14.4. The molecule has 1 N–H and O–H groups in total. The van der Waals surface area contributed by atoms with Gasteiger partial charge in [-0.2, -0.15) is 0 Å². The van der Waals surface area contributed by atoms with Crippen molar-refractivity contribution in [1.82, 2.24) is 14.5 Å². The predicted octanol–water partition coefficient (Wildman–Crippen LogP) is 11.6. The van der Waals surface area contributed by atoms with E-state index in [1.807, 2.05) is 60.8 Å². The van der Waals surface area contributed by atoms with Crippen LogP contribution in [0.3, 0.4) is 0 Å². The fourth-order valence-electron chi connectivity index (χ4n) is 7.69. The Kier molecular flexibility index (Phi) is 7.31. The number of rotatable bonds is 6. The van der Waals surface area contributed by atoms with E-state index in [9.17, 15) is 5.11 Å². The molecule has 0 saturated heterocycles. The van der Waals surface area contributed by atoms with Crippen molar-refractivity contribution < 1.29 is 9.84 Å². The minimum absolute atomic E-state index is 0.108. The van der Waals surface area contributed by atoms with E-state index >= 15 is 0 Å². The molecule has 238 valence electrons. The van der Waals surface area contributed by atoms with Crippen LogP contribution in [0.1, 0.15) is 43.6 Å². The minimum atomic E-state index is 0.108. The van der Waals surface area contributed by atoms with Gasteiger partial charge in [-0.1, -0.05) is 98.1 Å². The summed E-state index contributed by atoms with van der Waals surface area (Å²) in [5.41, 5.74) is 8.00. The number of phenols is 1. The van der Waals surface area contributed by atoms with Crippen LogP contribution in [0.2, 0.25) is 0 Å². The maximum Gasteiger partial charge on any atom is 0.220 e. The second-order valence-corrected chi connectivity index (χ2v) is 13.0. The molecule has 1 fully saturated rings. The van der Waals surface area contributed by atoms with Crippen molar-refractivity contribution in [3.05, 3.63) is 145 Å². The standard InChI is InChI=1S/C44H35N3O2/c48-40-23-22-34(30-14-6-2-7-15-30)43-37(31-16-8-3-9-17-31)28-42(46-44(40)43)49-33-20-21-36-35-18-10-11-19-38(35)47(39(36)27-33)41-26-32(24-25-45-41)29-12-4-1-5-13-29/h2-3,6-11,14-29,48H,1,4-5,12-13H2. The molecular weight excluding hydrogens is 603 g/mol. The van der Waals surface area contributed by atoms with Gasteiger partial charge in [0, 0.05) is 34.5 Å². The third kappa shape index (κ3) is 5.28. The predicted molar refractivity (Wildman–Crippen MR) is 199 cm³/mol. The van der Waals surface area contributed by atoms with Crippen molar-refractivity contribution in [3.63, 3.8) is 0 Å². The second-order valence-electron chi connectivity index (χ2n) is 13.0. The van der Waals surface area contributed by atoms with Crippen LogP contribution in [0, 0.1) is 0 Å². The second kappa shape index (κ2) is 12.3. The van der Waals surface area contributed by atoms with Crippen LogP contribution >= 0.6 is 0 Å². The van der Waals surface area contributed by atoms with Gasteiger partial charge in [0.05, 0.1) is 11.0 Å². The summed E-state index contributed by atoms with van der Waals surface area (Å²) in [7, 11) is 0. The Morgan fingerprint density at radius 3 is 2.14 bits per heavy atom. The Morgan fingerprint density at radius 2 is 1.35 bits per heavy atom. The van der Waals surface area contributed by atoms with Gasteiger partial charge in [0.1, 0.15) is 22.8 Å². The lowest BCUT2D eigenvalue weighted by molar-refractivity contribution is 0.443. The van der Waals surface area contributed by atoms with Crippen LogP contribution in [-0.4, -0.2) is 19.6 Å². The first-order chi connectivity index (χ1) is 24.2. The number of ether oxygens (including phenoxy) is 1. The van der Waals surface area contributed by atoms with Crippen molar-refractivity contribution in [1.29, 1.82) is 0 Å². The van der Waals surface area contributed by atoms with Gasteiger partial charge in [-0.25, -0.2) is 9.97 Å². The number of phenolic OH excluding ortho intramolecular Hbond substituents is 1. The summed E-state index contributed by atoms with van der Waals surface area (Å²) in [6, 6.07) is 45.3. The first-order valence-corrected chi connectivity index (χ1v) is 17.2. The molecule has 0 bridgehead atoms. The number of hydrogen-bond acceptors (Lipinski definition) is 4. The Hall–Kier alpha value is -5.94. The van der Waals surface area contributed by atoms with Crippen molar-refractivity contribution in [2.45, 2.75) is 38.0 Å². The van der Waals surface area contributed by atoms with Gasteiger partial charge in [0.15, 0.2) is 0 Å². The molecule has 0 unspecified atom stereocenters. The topological polar surface area (TPSA) is 60.2 Å². The third-order valence-corrected chi connectivity index (χ3v) is 10.0. The number of pyridine rings is 2. The highest BCUT2D eigenvalue weighted by atomic mass is 16.5. The lowest BCUT2D eigenvalue weighted by atomic mass is 9.84. The largest absolute Gasteiger partial charge is 0.506 e. The summed E-state index contributed by atoms with van der Waals surface area (Å²) in [6.07, 6.45) is 8.34. The highest BCUT2D eigenvalue weighted by Gasteiger charge is 2.20. The quantitative estimate of drug-likeness (QED) is 0.197. The smallest absolute Gasteiger partial charge is 0.220 e. The van der Waals surface area contributed by atoms with Gasteiger partial charge >= 0.3 is 0 Å². The maximum atomic E-state index is 11.2. The van der Waals surface area contributed by atoms with Crippen LogP contribution in [0.5, 0.6) is 17.4 Å². The molecule has 0 spiro atoms. The molecule has 1 aliphatic carbocycles. The molecular formula is C44H35N3O2. The Balaban J connectivity index is 1.19. The van der Waals surface area contributed by atoms with Gasteiger partial charge < -0.3 is 9.84 Å². The van der Waals surface area contributed by atoms with Gasteiger partial charge in [-0.15, -0.1) is 0 Å². The Morgan fingerprint density at radius 1 is 0.633 bits per heavy atom. The number of benzene rings is 5. The normalized spacial score (nSPS) is 13.7. The first kappa shape index (κ1) is 29.2. The molecule has 1 aliphatic rings. The summed E-state index contributed by atoms with van der Waals surface area (Å²) in [5.74, 6) is 2.67. The summed E-state index contributed by atoms with van der Waals surface area (Å²) in [6.45, 7) is 0. The maximum absolute atomic E-state index is 11.2. The highest BCUT2D eigenvalue weighted by Crippen LogP contribution is 2.42. The summed E-state index contributed by atoms with van der Waals surface area (Å²) < 4.78 is 8.86. The number of hydrogen-bond donors (Lipinski definition) is 1. The van der Waals surface area contributed by atoms with E-state index in [2.05, 4.69) is 77.4 Å². The number of para-hydroxylation sites is 1. The van der Waals surface area contributed by atoms with Crippen LogP contribution in [0.25, 0.3) is 60.8 Å². The fraction of sp³-hybridized carbons (Fsp3) is 0.136. The van der Waals surface area contributed by atoms with E-state index in [4.69, 9.17) is 14.7 Å². The van der Waals surface area contributed by atoms with E-state index in [0.717, 1.165) is 49.9 Å². The van der Waals surface area contributed by atoms with E-state index in [-0.39, 0.29) is 5.75 Å². The van der Waals surface area contributed by atoms with Crippen LogP contribution in [-0.2, 0) is 0 Å². The third-order valence-electron chi connectivity index (χ3n) is 10.0. The number of fused-ring (bicyclic) bond motifs is 4. The fourth-order valence-corrected chi connectivity index (χ4v) is 7.69. The molecule has 49 heavy (non-hydrogen) atoms. The summed E-state index contributed by atoms with van der Waals surface area (Å²) in [4.78, 5) is 9.81. The molecule has 1 saturated carbocycles. The summed E-state index contributed by atoms with van der Waals surface area (Å²) >= 11 is 0. The average molecular weight is 638 g/mol. The molecule has 9 rings (SSSR count). The van der Waals surface area contributed by atoms with Gasteiger partial charge in [-0.05, 0) is 89.0 Å². The molecule has 3 heterocycles. The molecule has 5 heteroatoms. The van der Waals surface area contributed by atoms with Crippen molar-refractivity contribution in [2.24, 2.45) is 0 Å². The molecule has 8 aromatic rings. The van der Waals surface area contributed by atoms with Crippen LogP contribution < -0.4 is 4.74 Å². The molecule has 0 aliphatic heterocycles. The van der Waals surface area contributed by atoms with Crippen molar-refractivity contribution in [3.8, 4) is 45.5 Å².